The first kappa shape index (κ1) is 20.4. The van der Waals surface area contributed by atoms with Gasteiger partial charge in [-0.15, -0.1) is 0 Å². The van der Waals surface area contributed by atoms with E-state index in [4.69, 9.17) is 9.47 Å². The van der Waals surface area contributed by atoms with E-state index in [2.05, 4.69) is 0 Å². The van der Waals surface area contributed by atoms with Gasteiger partial charge in [-0.1, -0.05) is 6.07 Å². The van der Waals surface area contributed by atoms with Gasteiger partial charge in [0.25, 0.3) is 5.91 Å². The molecule has 2 rings (SSSR count). The van der Waals surface area contributed by atoms with Crippen LogP contribution >= 0.6 is 0 Å². The molecule has 0 saturated carbocycles. The van der Waals surface area contributed by atoms with Gasteiger partial charge in [0.2, 0.25) is 0 Å². The van der Waals surface area contributed by atoms with Gasteiger partial charge in [0.1, 0.15) is 5.75 Å². The summed E-state index contributed by atoms with van der Waals surface area (Å²) < 4.78 is 50.0. The number of carbonyl (C=O) groups is 1. The third-order valence-electron chi connectivity index (χ3n) is 4.17. The van der Waals surface area contributed by atoms with Crippen molar-refractivity contribution in [2.45, 2.75) is 13.1 Å². The lowest BCUT2D eigenvalue weighted by molar-refractivity contribution is -0.137. The van der Waals surface area contributed by atoms with E-state index in [9.17, 15) is 23.1 Å². The van der Waals surface area contributed by atoms with E-state index in [0.717, 1.165) is 6.07 Å². The fourth-order valence-corrected chi connectivity index (χ4v) is 2.58. The van der Waals surface area contributed by atoms with Crippen molar-refractivity contribution in [1.82, 2.24) is 4.90 Å². The maximum Gasteiger partial charge on any atom is 0.416 e. The van der Waals surface area contributed by atoms with Crippen molar-refractivity contribution in [3.8, 4) is 28.4 Å². The predicted octanol–water partition coefficient (Wildman–Crippen LogP) is 4.19. The predicted molar refractivity (Wildman–Crippen MR) is 94.3 cm³/mol. The number of phenolic OH excluding ortho intramolecular Hbond substituents is 1. The van der Waals surface area contributed by atoms with Crippen LogP contribution < -0.4 is 9.47 Å². The van der Waals surface area contributed by atoms with Crippen molar-refractivity contribution in [2.75, 3.05) is 27.8 Å². The first-order chi connectivity index (χ1) is 12.6. The highest BCUT2D eigenvalue weighted by Gasteiger charge is 2.34. The molecule has 0 unspecified atom stereocenters. The van der Waals surface area contributed by atoms with Crippen LogP contribution in [0.1, 0.15) is 22.8 Å². The highest BCUT2D eigenvalue weighted by molar-refractivity contribution is 6.03. The summed E-state index contributed by atoms with van der Waals surface area (Å²) in [7, 11) is 4.32. The minimum absolute atomic E-state index is 0.0476. The molecule has 1 amide bonds. The van der Waals surface area contributed by atoms with Gasteiger partial charge in [-0.3, -0.25) is 4.79 Å². The topological polar surface area (TPSA) is 59.0 Å². The molecule has 0 radical (unpaired) electrons. The molecule has 2 aromatic carbocycles. The molecule has 0 fully saturated rings. The molecule has 0 aliphatic heterocycles. The van der Waals surface area contributed by atoms with Gasteiger partial charge in [-0.05, 0) is 42.3 Å². The number of hydrogen-bond acceptors (Lipinski definition) is 4. The normalized spacial score (nSPS) is 11.2. The van der Waals surface area contributed by atoms with Crippen LogP contribution in [0.2, 0.25) is 0 Å². The summed E-state index contributed by atoms with van der Waals surface area (Å²) >= 11 is 0. The summed E-state index contributed by atoms with van der Waals surface area (Å²) in [5.41, 5.74) is -1.03. The van der Waals surface area contributed by atoms with E-state index >= 15 is 0 Å². The lowest BCUT2D eigenvalue weighted by Crippen LogP contribution is -2.27. The number of phenols is 1. The maximum absolute atomic E-state index is 13.2. The van der Waals surface area contributed by atoms with Crippen LogP contribution in [-0.4, -0.2) is 43.7 Å². The van der Waals surface area contributed by atoms with Gasteiger partial charge in [-0.25, -0.2) is 0 Å². The van der Waals surface area contributed by atoms with Crippen LogP contribution in [0.15, 0.2) is 30.3 Å². The average molecular weight is 383 g/mol. The molecular weight excluding hydrogens is 363 g/mol. The third-order valence-corrected chi connectivity index (χ3v) is 4.17. The Morgan fingerprint density at radius 3 is 2.26 bits per heavy atom. The third kappa shape index (κ3) is 4.10. The molecule has 2 aromatic rings. The molecule has 8 heteroatoms. The van der Waals surface area contributed by atoms with Crippen LogP contribution in [0.4, 0.5) is 13.2 Å². The summed E-state index contributed by atoms with van der Waals surface area (Å²) in [4.78, 5) is 14.0. The number of amides is 1. The van der Waals surface area contributed by atoms with Crippen LogP contribution in [0.25, 0.3) is 11.1 Å². The molecule has 0 atom stereocenters. The Bertz CT molecular complexity index is 850. The second-order valence-electron chi connectivity index (χ2n) is 5.80. The van der Waals surface area contributed by atoms with Crippen LogP contribution in [-0.2, 0) is 6.18 Å². The molecule has 0 bridgehead atoms. The summed E-state index contributed by atoms with van der Waals surface area (Å²) in [6.45, 7) is 2.04. The standard InChI is InChI=1S/C19H20F3NO4/c1-5-23(2)18(25)17-13(9-12(10-14(17)24)19(20,21)22)11-6-7-15(26-3)16(8-11)27-4/h6-10,24H,5H2,1-4H3. The smallest absolute Gasteiger partial charge is 0.416 e. The first-order valence-corrected chi connectivity index (χ1v) is 8.06. The van der Waals surface area contributed by atoms with Crippen LogP contribution in [0, 0.1) is 0 Å². The van der Waals surface area contributed by atoms with E-state index in [1.165, 1.54) is 44.4 Å². The molecule has 27 heavy (non-hydrogen) atoms. The molecular formula is C19H20F3NO4. The van der Waals surface area contributed by atoms with Crippen molar-refractivity contribution in [3.63, 3.8) is 0 Å². The van der Waals surface area contributed by atoms with Crippen LogP contribution in [0.3, 0.4) is 0 Å². The molecule has 0 saturated heterocycles. The zero-order valence-corrected chi connectivity index (χ0v) is 15.3. The molecule has 1 N–H and O–H groups in total. The molecule has 5 nitrogen and oxygen atoms in total. The van der Waals surface area contributed by atoms with Gasteiger partial charge < -0.3 is 19.5 Å². The number of aromatic hydroxyl groups is 1. The van der Waals surface area contributed by atoms with E-state index in [1.807, 2.05) is 0 Å². The summed E-state index contributed by atoms with van der Waals surface area (Å²) in [5.74, 6) is -0.654. The number of alkyl halides is 3. The summed E-state index contributed by atoms with van der Waals surface area (Å²) in [6, 6.07) is 5.87. The van der Waals surface area contributed by atoms with Crippen molar-refractivity contribution in [3.05, 3.63) is 41.5 Å². The number of rotatable bonds is 5. The molecule has 0 spiro atoms. The molecule has 0 aromatic heterocycles. The highest BCUT2D eigenvalue weighted by atomic mass is 19.4. The lowest BCUT2D eigenvalue weighted by atomic mass is 9.94. The largest absolute Gasteiger partial charge is 0.507 e. The number of hydrogen-bond donors (Lipinski definition) is 1. The second-order valence-corrected chi connectivity index (χ2v) is 5.80. The zero-order valence-electron chi connectivity index (χ0n) is 15.3. The van der Waals surface area contributed by atoms with E-state index in [1.54, 1.807) is 6.92 Å². The van der Waals surface area contributed by atoms with E-state index in [0.29, 0.717) is 18.4 Å². The fraction of sp³-hybridized carbons (Fsp3) is 0.316. The maximum atomic E-state index is 13.2. The van der Waals surface area contributed by atoms with Gasteiger partial charge >= 0.3 is 6.18 Å². The first-order valence-electron chi connectivity index (χ1n) is 8.06. The van der Waals surface area contributed by atoms with Crippen molar-refractivity contribution in [1.29, 1.82) is 0 Å². The van der Waals surface area contributed by atoms with Crippen LogP contribution in [0.5, 0.6) is 17.2 Å². The summed E-state index contributed by atoms with van der Waals surface area (Å²) in [5, 5.41) is 10.2. The number of methoxy groups -OCH3 is 2. The highest BCUT2D eigenvalue weighted by Crippen LogP contribution is 2.41. The van der Waals surface area contributed by atoms with Gasteiger partial charge in [0, 0.05) is 13.6 Å². The van der Waals surface area contributed by atoms with Gasteiger partial charge in [0.05, 0.1) is 25.3 Å². The Morgan fingerprint density at radius 1 is 1.11 bits per heavy atom. The Balaban J connectivity index is 2.78. The number of ether oxygens (including phenoxy) is 2. The average Bonchev–Trinajstić information content (AvgIpc) is 2.64. The van der Waals surface area contributed by atoms with Gasteiger partial charge in [0.15, 0.2) is 11.5 Å². The number of halogens is 3. The minimum Gasteiger partial charge on any atom is -0.507 e. The van der Waals surface area contributed by atoms with Gasteiger partial charge in [-0.2, -0.15) is 13.2 Å². The molecule has 0 aliphatic carbocycles. The zero-order chi connectivity index (χ0) is 20.4. The second kappa shape index (κ2) is 7.77. The van der Waals surface area contributed by atoms with E-state index in [-0.39, 0.29) is 22.4 Å². The Kier molecular flexibility index (Phi) is 5.88. The Hall–Kier alpha value is -2.90. The summed E-state index contributed by atoms with van der Waals surface area (Å²) in [6.07, 6.45) is -4.68. The van der Waals surface area contributed by atoms with Crippen molar-refractivity contribution >= 4 is 5.91 Å². The number of carbonyl (C=O) groups excluding carboxylic acids is 1. The molecule has 146 valence electrons. The molecule has 0 heterocycles. The fourth-order valence-electron chi connectivity index (χ4n) is 2.58. The monoisotopic (exact) mass is 383 g/mol. The lowest BCUT2D eigenvalue weighted by Gasteiger charge is -2.20. The minimum atomic E-state index is -4.68. The number of nitrogens with zero attached hydrogens (tertiary/aromatic N) is 1. The Labute approximate surface area is 154 Å². The van der Waals surface area contributed by atoms with Crippen molar-refractivity contribution in [2.24, 2.45) is 0 Å². The molecule has 0 aliphatic rings. The van der Waals surface area contributed by atoms with E-state index < -0.39 is 23.4 Å². The quantitative estimate of drug-likeness (QED) is 0.841. The number of benzene rings is 2. The van der Waals surface area contributed by atoms with Crippen molar-refractivity contribution < 1.29 is 32.5 Å². The SMILES string of the molecule is CCN(C)C(=O)c1c(O)cc(C(F)(F)F)cc1-c1ccc(OC)c(OC)c1. The Morgan fingerprint density at radius 2 is 1.74 bits per heavy atom.